The number of carbonyl (C=O) groups is 6. The number of hydrogen-bond donors (Lipinski definition) is 6. The quantitative estimate of drug-likeness (QED) is 0.175. The van der Waals surface area contributed by atoms with Crippen molar-refractivity contribution in [2.45, 2.75) is 38.4 Å². The van der Waals surface area contributed by atoms with E-state index in [2.05, 4.69) is 26.6 Å². The Morgan fingerprint density at radius 3 is 1.81 bits per heavy atom. The van der Waals surface area contributed by atoms with E-state index < -0.39 is 53.6 Å². The van der Waals surface area contributed by atoms with Gasteiger partial charge in [0, 0.05) is 17.7 Å². The Balaban J connectivity index is 1.55. The zero-order chi connectivity index (χ0) is 31.4. The lowest BCUT2D eigenvalue weighted by Crippen LogP contribution is -2.55. The maximum Gasteiger partial charge on any atom is 0.335 e. The molecule has 0 aliphatic heterocycles. The maximum absolute atomic E-state index is 13.1. The number of carbonyl (C=O) groups excluding carboxylic acids is 5. The molecule has 5 amide bonds. The van der Waals surface area contributed by atoms with Crippen molar-refractivity contribution in [3.05, 3.63) is 102 Å². The molecule has 0 aromatic heterocycles. The van der Waals surface area contributed by atoms with Gasteiger partial charge in [0.15, 0.2) is 0 Å². The van der Waals surface area contributed by atoms with Gasteiger partial charge in [0.05, 0.1) is 12.1 Å². The molecule has 3 aromatic rings. The Bertz CT molecular complexity index is 1450. The van der Waals surface area contributed by atoms with Crippen LogP contribution in [0.25, 0.3) is 0 Å². The fourth-order valence-corrected chi connectivity index (χ4v) is 3.90. The van der Waals surface area contributed by atoms with Crippen molar-refractivity contribution in [1.82, 2.24) is 21.3 Å². The molecule has 0 unspecified atom stereocenters. The van der Waals surface area contributed by atoms with Crippen LogP contribution in [-0.4, -0.2) is 65.3 Å². The maximum atomic E-state index is 13.1. The molecular formula is C31H33N5O7. The van der Waals surface area contributed by atoms with Crippen LogP contribution in [0.1, 0.15) is 40.1 Å². The molecule has 0 spiro atoms. The van der Waals surface area contributed by atoms with Crippen LogP contribution in [0.15, 0.2) is 84.9 Å². The fourth-order valence-electron chi connectivity index (χ4n) is 3.90. The molecular weight excluding hydrogens is 554 g/mol. The monoisotopic (exact) mass is 587 g/mol. The highest BCUT2D eigenvalue weighted by Gasteiger charge is 2.26. The van der Waals surface area contributed by atoms with Gasteiger partial charge < -0.3 is 31.7 Å². The van der Waals surface area contributed by atoms with Crippen LogP contribution in [0.5, 0.6) is 0 Å². The first-order chi connectivity index (χ1) is 20.5. The van der Waals surface area contributed by atoms with Crippen LogP contribution in [0.2, 0.25) is 0 Å². The lowest BCUT2D eigenvalue weighted by Gasteiger charge is -2.22. The summed E-state index contributed by atoms with van der Waals surface area (Å²) in [5, 5.41) is 21.8. The van der Waals surface area contributed by atoms with Crippen molar-refractivity contribution in [1.29, 1.82) is 0 Å². The van der Waals surface area contributed by atoms with E-state index in [-0.39, 0.29) is 18.5 Å². The lowest BCUT2D eigenvalue weighted by molar-refractivity contribution is -0.132. The number of anilines is 1. The largest absolute Gasteiger partial charge is 0.478 e. The van der Waals surface area contributed by atoms with Gasteiger partial charge in [-0.1, -0.05) is 48.5 Å². The van der Waals surface area contributed by atoms with E-state index in [0.717, 1.165) is 5.56 Å². The fraction of sp³-hybridized carbons (Fsp3) is 0.226. The van der Waals surface area contributed by atoms with Gasteiger partial charge in [-0.25, -0.2) is 4.79 Å². The third-order valence-electron chi connectivity index (χ3n) is 6.28. The minimum atomic E-state index is -1.10. The Kier molecular flexibility index (Phi) is 11.5. The van der Waals surface area contributed by atoms with Gasteiger partial charge in [-0.05, 0) is 55.8 Å². The standard InChI is InChI=1S/C31H33N5O7/c1-19(33-26(37)18-32-29(40)22-11-7-4-8-12-22)27(38)34-20(2)28(39)36-25(17-21-9-5-3-6-10-21)30(41)35-24-15-13-23(14-16-24)31(42)43/h3-16,19-20,25H,17-18H2,1-2H3,(H,32,40)(H,33,37)(H,34,38)(H,35,41)(H,36,39)(H,42,43)/t19-,20-,25-/m0/s1. The van der Waals surface area contributed by atoms with Gasteiger partial charge in [-0.2, -0.15) is 0 Å². The van der Waals surface area contributed by atoms with Crippen molar-refractivity contribution in [3.8, 4) is 0 Å². The normalized spacial score (nSPS) is 12.5. The highest BCUT2D eigenvalue weighted by Crippen LogP contribution is 2.12. The minimum absolute atomic E-state index is 0.0547. The Hall–Kier alpha value is -5.52. The van der Waals surface area contributed by atoms with Crippen molar-refractivity contribution in [2.24, 2.45) is 0 Å². The second kappa shape index (κ2) is 15.5. The molecule has 0 saturated carbocycles. The number of aromatic carboxylic acids is 1. The van der Waals surface area contributed by atoms with Crippen molar-refractivity contribution < 1.29 is 33.9 Å². The van der Waals surface area contributed by atoms with E-state index in [1.807, 2.05) is 6.07 Å². The van der Waals surface area contributed by atoms with Crippen LogP contribution in [0.4, 0.5) is 5.69 Å². The average Bonchev–Trinajstić information content (AvgIpc) is 3.00. The molecule has 0 bridgehead atoms. The molecule has 0 aliphatic rings. The van der Waals surface area contributed by atoms with Gasteiger partial charge >= 0.3 is 5.97 Å². The Morgan fingerprint density at radius 2 is 1.21 bits per heavy atom. The van der Waals surface area contributed by atoms with Crippen LogP contribution in [0, 0.1) is 0 Å². The molecule has 0 radical (unpaired) electrons. The van der Waals surface area contributed by atoms with Crippen molar-refractivity contribution >= 4 is 41.2 Å². The van der Waals surface area contributed by atoms with E-state index >= 15 is 0 Å². The lowest BCUT2D eigenvalue weighted by atomic mass is 10.0. The van der Waals surface area contributed by atoms with E-state index in [1.165, 1.54) is 38.1 Å². The summed E-state index contributed by atoms with van der Waals surface area (Å²) in [7, 11) is 0. The minimum Gasteiger partial charge on any atom is -0.478 e. The summed E-state index contributed by atoms with van der Waals surface area (Å²) in [6.45, 7) is 2.51. The Morgan fingerprint density at radius 1 is 0.651 bits per heavy atom. The molecule has 12 nitrogen and oxygen atoms in total. The number of amides is 5. The first-order valence-corrected chi connectivity index (χ1v) is 13.4. The van der Waals surface area contributed by atoms with Gasteiger partial charge in [-0.15, -0.1) is 0 Å². The van der Waals surface area contributed by atoms with E-state index in [0.29, 0.717) is 11.3 Å². The van der Waals surface area contributed by atoms with Crippen LogP contribution < -0.4 is 26.6 Å². The number of nitrogens with one attached hydrogen (secondary N) is 5. The highest BCUT2D eigenvalue weighted by molar-refractivity contribution is 6.00. The first-order valence-electron chi connectivity index (χ1n) is 13.4. The van der Waals surface area contributed by atoms with E-state index in [9.17, 15) is 28.8 Å². The van der Waals surface area contributed by atoms with Crippen LogP contribution in [0.3, 0.4) is 0 Å². The third kappa shape index (κ3) is 10.1. The van der Waals surface area contributed by atoms with Crippen molar-refractivity contribution in [2.75, 3.05) is 11.9 Å². The molecule has 3 aromatic carbocycles. The number of benzene rings is 3. The SMILES string of the molecule is C[C@H](NC(=O)CNC(=O)c1ccccc1)C(=O)N[C@@H](C)C(=O)N[C@@H](Cc1ccccc1)C(=O)Nc1ccc(C(=O)O)cc1. The molecule has 12 heteroatoms. The van der Waals surface area contributed by atoms with Gasteiger partial charge in [0.1, 0.15) is 18.1 Å². The first kappa shape index (κ1) is 32.0. The van der Waals surface area contributed by atoms with Gasteiger partial charge in [0.25, 0.3) is 5.91 Å². The smallest absolute Gasteiger partial charge is 0.335 e. The van der Waals surface area contributed by atoms with E-state index in [1.54, 1.807) is 54.6 Å². The van der Waals surface area contributed by atoms with Gasteiger partial charge in [0.2, 0.25) is 23.6 Å². The summed E-state index contributed by atoms with van der Waals surface area (Å²) in [5.41, 5.74) is 1.56. The molecule has 6 N–H and O–H groups in total. The number of hydrogen-bond acceptors (Lipinski definition) is 6. The molecule has 0 fully saturated rings. The number of carboxylic acids is 1. The molecule has 3 atom stereocenters. The number of carboxylic acid groups (broad SMARTS) is 1. The summed E-state index contributed by atoms with van der Waals surface area (Å²) >= 11 is 0. The van der Waals surface area contributed by atoms with Gasteiger partial charge in [-0.3, -0.25) is 24.0 Å². The summed E-state index contributed by atoms with van der Waals surface area (Å²) in [6, 6.07) is 19.8. The molecule has 43 heavy (non-hydrogen) atoms. The summed E-state index contributed by atoms with van der Waals surface area (Å²) in [4.78, 5) is 74.3. The summed E-state index contributed by atoms with van der Waals surface area (Å²) in [6.07, 6.45) is 0.146. The predicted molar refractivity (Wildman–Crippen MR) is 158 cm³/mol. The second-order valence-corrected chi connectivity index (χ2v) is 9.69. The third-order valence-corrected chi connectivity index (χ3v) is 6.28. The molecule has 3 rings (SSSR count). The topological polar surface area (TPSA) is 183 Å². The highest BCUT2D eigenvalue weighted by atomic mass is 16.4. The zero-order valence-electron chi connectivity index (χ0n) is 23.6. The molecule has 0 heterocycles. The number of rotatable bonds is 13. The average molecular weight is 588 g/mol. The zero-order valence-corrected chi connectivity index (χ0v) is 23.6. The van der Waals surface area contributed by atoms with Crippen molar-refractivity contribution in [3.63, 3.8) is 0 Å². The van der Waals surface area contributed by atoms with Crippen LogP contribution >= 0.6 is 0 Å². The molecule has 0 aliphatic carbocycles. The molecule has 0 saturated heterocycles. The Labute approximate surface area is 248 Å². The second-order valence-electron chi connectivity index (χ2n) is 9.69. The molecule has 224 valence electrons. The summed E-state index contributed by atoms with van der Waals surface area (Å²) in [5.74, 6) is -3.97. The predicted octanol–water partition coefficient (Wildman–Crippen LogP) is 1.49. The van der Waals surface area contributed by atoms with E-state index in [4.69, 9.17) is 5.11 Å². The summed E-state index contributed by atoms with van der Waals surface area (Å²) < 4.78 is 0. The van der Waals surface area contributed by atoms with Crippen LogP contribution in [-0.2, 0) is 25.6 Å².